The Morgan fingerprint density at radius 3 is 2.66 bits per heavy atom. The zero-order chi connectivity index (χ0) is 24.9. The van der Waals surface area contributed by atoms with Crippen LogP contribution >= 0.6 is 0 Å². The average molecular weight is 482 g/mol. The van der Waals surface area contributed by atoms with Crippen molar-refractivity contribution in [3.8, 4) is 0 Å². The van der Waals surface area contributed by atoms with E-state index in [1.807, 2.05) is 32.9 Å². The van der Waals surface area contributed by atoms with Gasteiger partial charge in [-0.1, -0.05) is 18.2 Å². The number of hydrogen-bond donors (Lipinski definition) is 3. The molecule has 3 N–H and O–H groups in total. The molecule has 1 aliphatic carbocycles. The second-order valence-electron chi connectivity index (χ2n) is 9.97. The maximum atomic E-state index is 13.0. The molecule has 0 spiro atoms. The molecule has 1 aromatic rings. The SMILES string of the molecule is CC(=O)N1c2ccc(C3=C(NNC4CCNCC4)CCCC=C3)cc2N(C(=O)OC(C)C)C[C@@H]1C. The molecule has 1 fully saturated rings. The van der Waals surface area contributed by atoms with Crippen LogP contribution in [0.2, 0.25) is 0 Å². The van der Waals surface area contributed by atoms with Crippen LogP contribution in [0.3, 0.4) is 0 Å². The van der Waals surface area contributed by atoms with E-state index < -0.39 is 0 Å². The fraction of sp³-hybridized carbons (Fsp3) is 0.556. The molecule has 0 bridgehead atoms. The summed E-state index contributed by atoms with van der Waals surface area (Å²) in [5.41, 5.74) is 11.8. The molecule has 1 atom stereocenters. The van der Waals surface area contributed by atoms with Gasteiger partial charge >= 0.3 is 6.09 Å². The smallest absolute Gasteiger partial charge is 0.414 e. The first-order valence-electron chi connectivity index (χ1n) is 12.9. The van der Waals surface area contributed by atoms with Gasteiger partial charge in [-0.2, -0.15) is 0 Å². The fourth-order valence-corrected chi connectivity index (χ4v) is 5.10. The lowest BCUT2D eigenvalue weighted by Gasteiger charge is -2.40. The lowest BCUT2D eigenvalue weighted by molar-refractivity contribution is -0.117. The first-order chi connectivity index (χ1) is 16.8. The molecule has 8 heteroatoms. The Morgan fingerprint density at radius 1 is 1.17 bits per heavy atom. The van der Waals surface area contributed by atoms with E-state index in [0.29, 0.717) is 18.3 Å². The Labute approximate surface area is 208 Å². The molecular formula is C27H39N5O3. The van der Waals surface area contributed by atoms with Crippen molar-refractivity contribution in [1.29, 1.82) is 0 Å². The third kappa shape index (κ3) is 5.87. The molecule has 8 nitrogen and oxygen atoms in total. The molecule has 0 radical (unpaired) electrons. The number of benzene rings is 1. The van der Waals surface area contributed by atoms with Crippen LogP contribution in [0.15, 0.2) is 36.0 Å². The molecule has 2 amide bonds. The van der Waals surface area contributed by atoms with Crippen molar-refractivity contribution in [3.63, 3.8) is 0 Å². The summed E-state index contributed by atoms with van der Waals surface area (Å²) in [6.07, 6.45) is 9.00. The number of ether oxygens (including phenoxy) is 1. The normalized spacial score (nSPS) is 21.1. The number of carbonyl (C=O) groups excluding carboxylic acids is 2. The van der Waals surface area contributed by atoms with Gasteiger partial charge in [0, 0.05) is 30.8 Å². The number of carbonyl (C=O) groups is 2. The van der Waals surface area contributed by atoms with Crippen molar-refractivity contribution < 1.29 is 14.3 Å². The van der Waals surface area contributed by atoms with Crippen molar-refractivity contribution >= 4 is 28.9 Å². The third-order valence-electron chi connectivity index (χ3n) is 6.79. The Bertz CT molecular complexity index is 997. The standard InChI is InChI=1S/C27H39N5O3/c1-18(2)35-27(34)31-17-19(3)32(20(4)33)25-11-10-21(16-26(25)31)23-8-6-5-7-9-24(23)30-29-22-12-14-28-15-13-22/h6,8,10-11,16,18-19,22,28-30H,5,7,9,12-15,17H2,1-4H3/t19-/m0/s1. The van der Waals surface area contributed by atoms with Crippen LogP contribution in [0.25, 0.3) is 5.57 Å². The van der Waals surface area contributed by atoms with Crippen LogP contribution < -0.4 is 26.0 Å². The highest BCUT2D eigenvalue weighted by Gasteiger charge is 2.35. The van der Waals surface area contributed by atoms with Gasteiger partial charge in [-0.3, -0.25) is 9.69 Å². The number of piperidine rings is 1. The van der Waals surface area contributed by atoms with Gasteiger partial charge in [-0.05, 0) is 83.7 Å². The number of nitrogens with zero attached hydrogens (tertiary/aromatic N) is 2. The van der Waals surface area contributed by atoms with E-state index in [0.717, 1.165) is 67.7 Å². The Hall–Kier alpha value is -2.84. The molecule has 2 heterocycles. The summed E-state index contributed by atoms with van der Waals surface area (Å²) in [7, 11) is 0. The van der Waals surface area contributed by atoms with Crippen LogP contribution in [0.1, 0.15) is 65.4 Å². The highest BCUT2D eigenvalue weighted by Crippen LogP contribution is 2.39. The molecule has 0 aromatic heterocycles. The quantitative estimate of drug-likeness (QED) is 0.550. The number of hydrogen-bond acceptors (Lipinski definition) is 6. The Balaban J connectivity index is 1.71. The summed E-state index contributed by atoms with van der Waals surface area (Å²) >= 11 is 0. The highest BCUT2D eigenvalue weighted by atomic mass is 16.6. The molecule has 4 rings (SSSR count). The number of allylic oxidation sites excluding steroid dienone is 4. The van der Waals surface area contributed by atoms with Crippen molar-refractivity contribution in [2.75, 3.05) is 29.4 Å². The minimum absolute atomic E-state index is 0.0366. The van der Waals surface area contributed by atoms with Gasteiger partial charge in [-0.25, -0.2) is 10.2 Å². The van der Waals surface area contributed by atoms with E-state index in [4.69, 9.17) is 4.74 Å². The fourth-order valence-electron chi connectivity index (χ4n) is 5.10. The van der Waals surface area contributed by atoms with E-state index in [-0.39, 0.29) is 24.1 Å². The number of fused-ring (bicyclic) bond motifs is 1. The second-order valence-corrected chi connectivity index (χ2v) is 9.97. The number of rotatable bonds is 5. The second kappa shape index (κ2) is 11.3. The largest absolute Gasteiger partial charge is 0.446 e. The van der Waals surface area contributed by atoms with Gasteiger partial charge in [0.2, 0.25) is 5.91 Å². The summed E-state index contributed by atoms with van der Waals surface area (Å²) < 4.78 is 5.55. The summed E-state index contributed by atoms with van der Waals surface area (Å²) in [5.74, 6) is -0.0366. The lowest BCUT2D eigenvalue weighted by atomic mass is 9.98. The van der Waals surface area contributed by atoms with Gasteiger partial charge in [0.1, 0.15) is 0 Å². The molecule has 0 unspecified atom stereocenters. The van der Waals surface area contributed by atoms with E-state index in [1.54, 1.807) is 16.7 Å². The molecule has 1 aromatic carbocycles. The molecule has 35 heavy (non-hydrogen) atoms. The van der Waals surface area contributed by atoms with E-state index >= 15 is 0 Å². The van der Waals surface area contributed by atoms with Crippen LogP contribution in [0.5, 0.6) is 0 Å². The van der Waals surface area contributed by atoms with Crippen molar-refractivity contribution in [2.24, 2.45) is 0 Å². The van der Waals surface area contributed by atoms with E-state index in [9.17, 15) is 9.59 Å². The monoisotopic (exact) mass is 481 g/mol. The molecule has 1 saturated heterocycles. The topological polar surface area (TPSA) is 85.9 Å². The molecular weight excluding hydrogens is 442 g/mol. The zero-order valence-electron chi connectivity index (χ0n) is 21.4. The number of nitrogens with one attached hydrogen (secondary N) is 3. The summed E-state index contributed by atoms with van der Waals surface area (Å²) in [4.78, 5) is 29.0. The van der Waals surface area contributed by atoms with E-state index in [2.05, 4.69) is 34.4 Å². The maximum Gasteiger partial charge on any atom is 0.414 e. The summed E-state index contributed by atoms with van der Waals surface area (Å²) in [6.45, 7) is 9.67. The number of amides is 2. The lowest BCUT2D eigenvalue weighted by Crippen LogP contribution is -2.51. The van der Waals surface area contributed by atoms with Crippen LogP contribution in [-0.2, 0) is 9.53 Å². The van der Waals surface area contributed by atoms with Gasteiger partial charge < -0.3 is 20.4 Å². The predicted molar refractivity (Wildman–Crippen MR) is 140 cm³/mol. The van der Waals surface area contributed by atoms with Gasteiger partial charge in [0.15, 0.2) is 0 Å². The maximum absolute atomic E-state index is 13.0. The van der Waals surface area contributed by atoms with Crippen LogP contribution in [0, 0.1) is 0 Å². The van der Waals surface area contributed by atoms with Gasteiger partial charge in [0.05, 0.1) is 23.5 Å². The molecule has 0 saturated carbocycles. The van der Waals surface area contributed by atoms with Crippen LogP contribution in [0.4, 0.5) is 16.2 Å². The number of hydrazine groups is 1. The van der Waals surface area contributed by atoms with Crippen molar-refractivity contribution in [2.45, 2.75) is 78.0 Å². The Morgan fingerprint density at radius 2 is 1.94 bits per heavy atom. The third-order valence-corrected chi connectivity index (χ3v) is 6.79. The first kappa shape index (κ1) is 25.3. The molecule has 190 valence electrons. The molecule has 2 aliphatic heterocycles. The predicted octanol–water partition coefficient (Wildman–Crippen LogP) is 4.09. The van der Waals surface area contributed by atoms with Gasteiger partial charge in [0.25, 0.3) is 0 Å². The van der Waals surface area contributed by atoms with Crippen LogP contribution in [-0.4, -0.2) is 49.8 Å². The zero-order valence-corrected chi connectivity index (χ0v) is 21.4. The van der Waals surface area contributed by atoms with Gasteiger partial charge in [-0.15, -0.1) is 0 Å². The van der Waals surface area contributed by atoms with E-state index in [1.165, 1.54) is 0 Å². The van der Waals surface area contributed by atoms with Crippen molar-refractivity contribution in [1.82, 2.24) is 16.2 Å². The summed E-state index contributed by atoms with van der Waals surface area (Å²) in [6, 6.07) is 6.33. The minimum atomic E-state index is -0.384. The number of anilines is 2. The Kier molecular flexibility index (Phi) is 8.13. The molecule has 3 aliphatic rings. The highest BCUT2D eigenvalue weighted by molar-refractivity contribution is 6.03. The summed E-state index contributed by atoms with van der Waals surface area (Å²) in [5, 5.41) is 3.40. The average Bonchev–Trinajstić information content (AvgIpc) is 3.07. The van der Waals surface area contributed by atoms with Crippen molar-refractivity contribution in [3.05, 3.63) is 41.6 Å². The first-order valence-corrected chi connectivity index (χ1v) is 12.9. The minimum Gasteiger partial charge on any atom is -0.446 e.